The molecule has 0 N–H and O–H groups in total. The lowest BCUT2D eigenvalue weighted by molar-refractivity contribution is -0.149. The molecule has 0 aromatic rings. The third-order valence-electron chi connectivity index (χ3n) is 10.5. The van der Waals surface area contributed by atoms with Gasteiger partial charge in [0.15, 0.2) is 11.3 Å². The summed E-state index contributed by atoms with van der Waals surface area (Å²) >= 11 is 0. The number of oxime groups is 2. The van der Waals surface area contributed by atoms with Crippen molar-refractivity contribution in [2.75, 3.05) is 7.11 Å². The predicted octanol–water partition coefficient (Wildman–Crippen LogP) is 4.34. The molecule has 0 saturated heterocycles. The first-order valence-electron chi connectivity index (χ1n) is 13.4. The summed E-state index contributed by atoms with van der Waals surface area (Å²) in [4.78, 5) is 47.1. The van der Waals surface area contributed by atoms with Crippen molar-refractivity contribution in [1.82, 2.24) is 0 Å². The number of hydrogen-bond donors (Lipinski definition) is 0. The Morgan fingerprint density at radius 3 is 2.51 bits per heavy atom. The maximum atomic E-state index is 12.7. The highest BCUT2D eigenvalue weighted by Gasteiger charge is 2.74. The van der Waals surface area contributed by atoms with E-state index in [0.717, 1.165) is 44.9 Å². The van der Waals surface area contributed by atoms with Crippen LogP contribution in [-0.4, -0.2) is 48.1 Å². The van der Waals surface area contributed by atoms with Crippen LogP contribution >= 0.6 is 0 Å². The van der Waals surface area contributed by atoms with Gasteiger partial charge in [-0.15, -0.1) is 0 Å². The van der Waals surface area contributed by atoms with Gasteiger partial charge in [0.2, 0.25) is 0 Å². The minimum absolute atomic E-state index is 0.0382. The molecule has 4 aliphatic carbocycles. The number of carbonyl (C=O) groups is 3. The van der Waals surface area contributed by atoms with Gasteiger partial charge in [-0.25, -0.2) is 9.59 Å². The molecule has 3 saturated carbocycles. The molecule has 5 rings (SSSR count). The number of methoxy groups -OCH3 is 1. The monoisotopic (exact) mass is 514 g/mol. The largest absolute Gasteiger partial charge is 0.464 e. The summed E-state index contributed by atoms with van der Waals surface area (Å²) in [6.45, 7) is 9.22. The quantitative estimate of drug-likeness (QED) is 0.180. The van der Waals surface area contributed by atoms with Gasteiger partial charge in [0.1, 0.15) is 11.8 Å². The molecular formula is C28H38N2O7. The molecule has 0 bridgehead atoms. The number of hydrogen-bond acceptors (Lipinski definition) is 9. The van der Waals surface area contributed by atoms with E-state index in [9.17, 15) is 14.4 Å². The number of fused-ring (bicyclic) bond motifs is 7. The molecule has 0 aromatic heterocycles. The summed E-state index contributed by atoms with van der Waals surface area (Å²) in [5, 5.41) is 8.40. The lowest BCUT2D eigenvalue weighted by Crippen LogP contribution is -2.59. The van der Waals surface area contributed by atoms with Crippen LogP contribution in [0.3, 0.4) is 0 Å². The van der Waals surface area contributed by atoms with Gasteiger partial charge >= 0.3 is 17.9 Å². The van der Waals surface area contributed by atoms with Crippen LogP contribution in [0, 0.1) is 34.5 Å². The summed E-state index contributed by atoms with van der Waals surface area (Å²) in [6, 6.07) is 0. The fraction of sp³-hybridized carbons (Fsp3) is 0.750. The van der Waals surface area contributed by atoms with E-state index in [2.05, 4.69) is 30.2 Å². The minimum atomic E-state index is -0.973. The van der Waals surface area contributed by atoms with Crippen molar-refractivity contribution in [3.63, 3.8) is 0 Å². The second kappa shape index (κ2) is 8.95. The number of esters is 2. The fourth-order valence-electron chi connectivity index (χ4n) is 8.87. The van der Waals surface area contributed by atoms with Gasteiger partial charge in [0.25, 0.3) is 0 Å². The van der Waals surface area contributed by atoms with E-state index in [-0.39, 0.29) is 40.5 Å². The number of nitrogens with zero attached hydrogens (tertiary/aromatic N) is 2. The molecule has 8 atom stereocenters. The normalized spacial score (nSPS) is 42.1. The molecule has 0 aromatic carbocycles. The zero-order valence-electron chi connectivity index (χ0n) is 22.7. The number of rotatable bonds is 4. The van der Waals surface area contributed by atoms with Gasteiger partial charge in [-0.3, -0.25) is 4.79 Å². The van der Waals surface area contributed by atoms with E-state index >= 15 is 0 Å². The van der Waals surface area contributed by atoms with Crippen LogP contribution in [0.4, 0.5) is 0 Å². The molecule has 202 valence electrons. The molecule has 1 aliphatic heterocycles. The zero-order chi connectivity index (χ0) is 26.8. The Hall–Kier alpha value is -2.71. The smallest absolute Gasteiger partial charge is 0.356 e. The van der Waals surface area contributed by atoms with Gasteiger partial charge in [0.05, 0.1) is 13.0 Å². The molecule has 0 spiro atoms. The van der Waals surface area contributed by atoms with Crippen molar-refractivity contribution in [2.24, 2.45) is 44.8 Å². The van der Waals surface area contributed by atoms with Crippen LogP contribution in [0.15, 0.2) is 22.0 Å². The van der Waals surface area contributed by atoms with E-state index in [0.29, 0.717) is 17.5 Å². The van der Waals surface area contributed by atoms with Crippen molar-refractivity contribution < 1.29 is 33.5 Å². The molecule has 1 heterocycles. The second-order valence-electron chi connectivity index (χ2n) is 12.0. The highest BCUT2D eigenvalue weighted by molar-refractivity contribution is 6.38. The van der Waals surface area contributed by atoms with Crippen molar-refractivity contribution in [3.8, 4) is 0 Å². The van der Waals surface area contributed by atoms with E-state index in [1.165, 1.54) is 26.5 Å². The highest BCUT2D eigenvalue weighted by Crippen LogP contribution is 2.70. The predicted molar refractivity (Wildman–Crippen MR) is 134 cm³/mol. The van der Waals surface area contributed by atoms with Gasteiger partial charge in [-0.2, -0.15) is 0 Å². The van der Waals surface area contributed by atoms with Crippen LogP contribution in [0.5, 0.6) is 0 Å². The first kappa shape index (κ1) is 25.9. The Balaban J connectivity index is 1.51. The summed E-state index contributed by atoms with van der Waals surface area (Å²) < 4.78 is 10.6. The highest BCUT2D eigenvalue weighted by atomic mass is 16.7. The van der Waals surface area contributed by atoms with E-state index in [4.69, 9.17) is 19.1 Å². The van der Waals surface area contributed by atoms with Crippen molar-refractivity contribution in [1.29, 1.82) is 0 Å². The minimum Gasteiger partial charge on any atom is -0.464 e. The molecule has 9 nitrogen and oxygen atoms in total. The summed E-state index contributed by atoms with van der Waals surface area (Å²) in [5.74, 6) is -0.389. The van der Waals surface area contributed by atoms with E-state index in [1.54, 1.807) is 0 Å². The summed E-state index contributed by atoms with van der Waals surface area (Å²) in [6.07, 6.45) is 8.59. The zero-order valence-corrected chi connectivity index (χ0v) is 22.7. The van der Waals surface area contributed by atoms with Crippen molar-refractivity contribution in [3.05, 3.63) is 11.6 Å². The van der Waals surface area contributed by atoms with Crippen LogP contribution in [0.1, 0.15) is 79.6 Å². The molecule has 3 fully saturated rings. The Morgan fingerprint density at radius 1 is 1.08 bits per heavy atom. The molecule has 5 aliphatic rings. The Bertz CT molecular complexity index is 1110. The van der Waals surface area contributed by atoms with Crippen molar-refractivity contribution >= 4 is 29.3 Å². The van der Waals surface area contributed by atoms with Crippen LogP contribution in [0.25, 0.3) is 0 Å². The number of allylic oxidation sites excluding steroid dienone is 1. The number of ether oxygens (including phenoxy) is 2. The topological polar surface area (TPSA) is 113 Å². The average molecular weight is 515 g/mol. The summed E-state index contributed by atoms with van der Waals surface area (Å²) in [7, 11) is 1.35. The lowest BCUT2D eigenvalue weighted by Gasteiger charge is -2.58. The molecule has 9 heteroatoms. The maximum Gasteiger partial charge on any atom is 0.356 e. The first-order valence-corrected chi connectivity index (χ1v) is 13.4. The number of carbonyl (C=O) groups excluding carboxylic acids is 3. The van der Waals surface area contributed by atoms with Gasteiger partial charge < -0.3 is 19.1 Å². The Labute approximate surface area is 218 Å². The average Bonchev–Trinajstić information content (AvgIpc) is 3.35. The third-order valence-corrected chi connectivity index (χ3v) is 10.5. The molecular weight excluding hydrogens is 476 g/mol. The lowest BCUT2D eigenvalue weighted by atomic mass is 9.46. The van der Waals surface area contributed by atoms with Gasteiger partial charge in [-0.1, -0.05) is 35.8 Å². The van der Waals surface area contributed by atoms with Gasteiger partial charge in [0, 0.05) is 25.7 Å². The van der Waals surface area contributed by atoms with Crippen LogP contribution < -0.4 is 0 Å². The van der Waals surface area contributed by atoms with E-state index in [1.807, 2.05) is 6.92 Å². The third kappa shape index (κ3) is 3.67. The van der Waals surface area contributed by atoms with Gasteiger partial charge in [-0.05, 0) is 68.6 Å². The first-order chi connectivity index (χ1) is 17.5. The molecule has 0 radical (unpaired) electrons. The Morgan fingerprint density at radius 2 is 1.84 bits per heavy atom. The standard InChI is InChI=1S/C28H38N2O7/c1-15(29-36-17(3)32)28-23(24(30-37-28)25(33)34-6)14-22-20-8-7-18-13-19(35-16(2)31)9-11-26(18,4)21(20)10-12-27(22,28)5/h7,19-23H,8-14H2,1-6H3. The second-order valence-corrected chi connectivity index (χ2v) is 12.0. The summed E-state index contributed by atoms with van der Waals surface area (Å²) in [5.41, 5.74) is 0.962. The molecule has 37 heavy (non-hydrogen) atoms. The van der Waals surface area contributed by atoms with E-state index < -0.39 is 17.5 Å². The van der Waals surface area contributed by atoms with Crippen molar-refractivity contribution in [2.45, 2.75) is 91.3 Å². The SMILES string of the molecule is COC(=O)C1=NOC2(C(C)=NOC(C)=O)C1CC1C3CC=C4CC(OC(C)=O)CCC4(C)C3CCC12C. The van der Waals surface area contributed by atoms with Crippen LogP contribution in [0.2, 0.25) is 0 Å². The molecule has 0 amide bonds. The maximum absolute atomic E-state index is 12.7. The fourth-order valence-corrected chi connectivity index (χ4v) is 8.87. The molecule has 8 unspecified atom stereocenters. The Kier molecular flexibility index (Phi) is 6.27. The van der Waals surface area contributed by atoms with Crippen LogP contribution in [-0.2, 0) is 33.5 Å².